The van der Waals surface area contributed by atoms with Crippen LogP contribution in [0.5, 0.6) is 11.5 Å². The van der Waals surface area contributed by atoms with E-state index in [4.69, 9.17) is 15.3 Å². The quantitative estimate of drug-likeness (QED) is 0.202. The number of hydrogen-bond acceptors (Lipinski definition) is 6. The van der Waals surface area contributed by atoms with Crippen LogP contribution in [0.4, 0.5) is 22.0 Å². The number of nitrogens with two attached hydrogens (primary N) is 1. The lowest BCUT2D eigenvalue weighted by atomic mass is 10.2. The van der Waals surface area contributed by atoms with Crippen LogP contribution in [0, 0.1) is 29.1 Å². The lowest BCUT2D eigenvalue weighted by molar-refractivity contribution is 0.289. The molecule has 3 aromatic rings. The molecule has 0 saturated heterocycles. The third-order valence-electron chi connectivity index (χ3n) is 3.79. The molecule has 0 radical (unpaired) electrons. The van der Waals surface area contributed by atoms with Gasteiger partial charge in [0.2, 0.25) is 11.0 Å². The number of halogens is 5. The molecule has 3 rings (SSSR count). The zero-order valence-corrected chi connectivity index (χ0v) is 15.6. The second-order valence-corrected chi connectivity index (χ2v) is 6.52. The molecule has 0 spiro atoms. The fourth-order valence-corrected chi connectivity index (χ4v) is 3.13. The maximum absolute atomic E-state index is 13.7. The zero-order chi connectivity index (χ0) is 21.1. The predicted octanol–water partition coefficient (Wildman–Crippen LogP) is 3.57. The first-order chi connectivity index (χ1) is 13.8. The minimum Gasteiger partial charge on any atom is -0.497 e. The van der Waals surface area contributed by atoms with Crippen LogP contribution in [0.1, 0.15) is 11.4 Å². The summed E-state index contributed by atoms with van der Waals surface area (Å²) in [6.45, 7) is -0.0836. The van der Waals surface area contributed by atoms with Crippen LogP contribution in [0.3, 0.4) is 0 Å². The molecule has 6 nitrogen and oxygen atoms in total. The Kier molecular flexibility index (Phi) is 6.11. The summed E-state index contributed by atoms with van der Waals surface area (Å²) in [5.41, 5.74) is -0.983. The van der Waals surface area contributed by atoms with Crippen molar-refractivity contribution < 1.29 is 31.4 Å². The van der Waals surface area contributed by atoms with E-state index in [-0.39, 0.29) is 17.6 Å². The van der Waals surface area contributed by atoms with Crippen molar-refractivity contribution in [3.05, 3.63) is 64.7 Å². The summed E-state index contributed by atoms with van der Waals surface area (Å²) in [7, 11) is 1.50. The molecule has 1 heterocycles. The van der Waals surface area contributed by atoms with E-state index in [1.54, 1.807) is 24.3 Å². The number of methoxy groups -OCH3 is 1. The predicted molar refractivity (Wildman–Crippen MR) is 93.3 cm³/mol. The van der Waals surface area contributed by atoms with Crippen LogP contribution in [-0.4, -0.2) is 22.0 Å². The maximum atomic E-state index is 13.7. The number of aromatic nitrogens is 3. The van der Waals surface area contributed by atoms with Crippen LogP contribution < -0.4 is 15.3 Å². The zero-order valence-electron chi connectivity index (χ0n) is 14.8. The van der Waals surface area contributed by atoms with Gasteiger partial charge in [0.05, 0.1) is 7.11 Å². The highest BCUT2D eigenvalue weighted by molar-refractivity contribution is 7.98. The lowest BCUT2D eigenvalue weighted by Gasteiger charge is -2.09. The normalized spacial score (nSPS) is 11.0. The molecular formula is C17H13F5N4O2S. The minimum absolute atomic E-state index is 0.00168. The van der Waals surface area contributed by atoms with Crippen LogP contribution in [0.2, 0.25) is 0 Å². The Morgan fingerprint density at radius 2 is 1.59 bits per heavy atom. The SMILES string of the molecule is COc1cccc(OCc2nnc(SCc3c(F)c(F)c(F)c(F)c3F)n2N)c1. The minimum atomic E-state index is -2.22. The summed E-state index contributed by atoms with van der Waals surface area (Å²) < 4.78 is 78.7. The molecule has 0 saturated carbocycles. The van der Waals surface area contributed by atoms with Gasteiger partial charge in [0.1, 0.15) is 18.1 Å². The number of rotatable bonds is 7. The average molecular weight is 432 g/mol. The molecule has 0 unspecified atom stereocenters. The van der Waals surface area contributed by atoms with E-state index in [0.29, 0.717) is 23.3 Å². The van der Waals surface area contributed by atoms with Crippen LogP contribution in [0.15, 0.2) is 29.4 Å². The third kappa shape index (κ3) is 4.21. The first kappa shape index (κ1) is 20.7. The van der Waals surface area contributed by atoms with Gasteiger partial charge in [-0.15, -0.1) is 10.2 Å². The number of benzene rings is 2. The summed E-state index contributed by atoms with van der Waals surface area (Å²) in [4.78, 5) is 0. The van der Waals surface area contributed by atoms with Gasteiger partial charge in [0.25, 0.3) is 0 Å². The standard InChI is InChI=1S/C17H13F5N4O2S/c1-27-8-3-2-4-9(5-8)28-6-11-24-25-17(26(11)23)29-7-10-12(18)14(20)16(22)15(21)13(10)19/h2-5H,6-7,23H2,1H3. The molecule has 0 aliphatic rings. The van der Waals surface area contributed by atoms with Gasteiger partial charge in [-0.05, 0) is 12.1 Å². The molecule has 1 aromatic heterocycles. The Balaban J connectivity index is 1.71. The molecule has 0 aliphatic carbocycles. The van der Waals surface area contributed by atoms with E-state index in [2.05, 4.69) is 10.2 Å². The van der Waals surface area contributed by atoms with Crippen LogP contribution >= 0.6 is 11.8 Å². The van der Waals surface area contributed by atoms with Crippen LogP contribution in [0.25, 0.3) is 0 Å². The Bertz CT molecular complexity index is 1020. The first-order valence-electron chi connectivity index (χ1n) is 7.92. The Morgan fingerprint density at radius 3 is 2.24 bits per heavy atom. The number of nitrogens with zero attached hydrogens (tertiary/aromatic N) is 3. The summed E-state index contributed by atoms with van der Waals surface area (Å²) in [6, 6.07) is 6.76. The van der Waals surface area contributed by atoms with Gasteiger partial charge in [-0.25, -0.2) is 26.6 Å². The Morgan fingerprint density at radius 1 is 0.966 bits per heavy atom. The monoisotopic (exact) mass is 432 g/mol. The summed E-state index contributed by atoms with van der Waals surface area (Å²) in [5, 5.41) is 7.53. The Labute approximate surface area is 165 Å². The van der Waals surface area contributed by atoms with Gasteiger partial charge in [0, 0.05) is 17.4 Å². The largest absolute Gasteiger partial charge is 0.497 e. The number of hydrogen-bond donors (Lipinski definition) is 1. The third-order valence-corrected chi connectivity index (χ3v) is 4.76. The molecule has 29 heavy (non-hydrogen) atoms. The van der Waals surface area contributed by atoms with Crippen molar-refractivity contribution >= 4 is 11.8 Å². The second-order valence-electron chi connectivity index (χ2n) is 5.57. The molecular weight excluding hydrogens is 419 g/mol. The molecule has 12 heteroatoms. The highest BCUT2D eigenvalue weighted by Crippen LogP contribution is 2.29. The van der Waals surface area contributed by atoms with Gasteiger partial charge in [0.15, 0.2) is 29.1 Å². The smallest absolute Gasteiger partial charge is 0.210 e. The van der Waals surface area contributed by atoms with E-state index >= 15 is 0 Å². The second kappa shape index (κ2) is 8.55. The Hall–Kier alpha value is -3.02. The number of nitrogen functional groups attached to an aromatic ring is 1. The molecule has 154 valence electrons. The average Bonchev–Trinajstić information content (AvgIpc) is 3.09. The highest BCUT2D eigenvalue weighted by atomic mass is 32.2. The lowest BCUT2D eigenvalue weighted by Crippen LogP contribution is -2.16. The molecule has 0 bridgehead atoms. The molecule has 2 aromatic carbocycles. The van der Waals surface area contributed by atoms with Gasteiger partial charge in [-0.3, -0.25) is 0 Å². The first-order valence-corrected chi connectivity index (χ1v) is 8.91. The molecule has 0 atom stereocenters. The molecule has 0 aliphatic heterocycles. The summed E-state index contributed by atoms with van der Waals surface area (Å²) in [5.74, 6) is -3.60. The van der Waals surface area contributed by atoms with E-state index < -0.39 is 40.4 Å². The number of ether oxygens (including phenoxy) is 2. The van der Waals surface area contributed by atoms with Gasteiger partial charge in [-0.2, -0.15) is 0 Å². The van der Waals surface area contributed by atoms with Crippen molar-refractivity contribution in [2.45, 2.75) is 17.5 Å². The van der Waals surface area contributed by atoms with Crippen molar-refractivity contribution in [3.8, 4) is 11.5 Å². The summed E-state index contributed by atoms with van der Waals surface area (Å²) in [6.07, 6.45) is 0. The fourth-order valence-electron chi connectivity index (χ4n) is 2.26. The molecule has 0 amide bonds. The van der Waals surface area contributed by atoms with E-state index in [9.17, 15) is 22.0 Å². The van der Waals surface area contributed by atoms with Crippen molar-refractivity contribution in [1.82, 2.24) is 14.9 Å². The van der Waals surface area contributed by atoms with Crippen molar-refractivity contribution in [1.29, 1.82) is 0 Å². The van der Waals surface area contributed by atoms with E-state index in [0.717, 1.165) is 4.68 Å². The van der Waals surface area contributed by atoms with Crippen molar-refractivity contribution in [2.24, 2.45) is 0 Å². The van der Waals surface area contributed by atoms with Crippen molar-refractivity contribution in [3.63, 3.8) is 0 Å². The van der Waals surface area contributed by atoms with Gasteiger partial charge >= 0.3 is 0 Å². The topological polar surface area (TPSA) is 75.2 Å². The molecule has 0 fully saturated rings. The highest BCUT2D eigenvalue weighted by Gasteiger charge is 2.26. The molecule has 2 N–H and O–H groups in total. The van der Waals surface area contributed by atoms with E-state index in [1.807, 2.05) is 0 Å². The van der Waals surface area contributed by atoms with Crippen LogP contribution in [-0.2, 0) is 12.4 Å². The summed E-state index contributed by atoms with van der Waals surface area (Å²) >= 11 is 0.653. The van der Waals surface area contributed by atoms with Gasteiger partial charge < -0.3 is 15.3 Å². The fraction of sp³-hybridized carbons (Fsp3) is 0.176. The van der Waals surface area contributed by atoms with Gasteiger partial charge in [-0.1, -0.05) is 17.8 Å². The van der Waals surface area contributed by atoms with E-state index in [1.165, 1.54) is 7.11 Å². The number of thioether (sulfide) groups is 1. The van der Waals surface area contributed by atoms with Crippen molar-refractivity contribution in [2.75, 3.05) is 13.0 Å². The maximum Gasteiger partial charge on any atom is 0.210 e.